The zero-order chi connectivity index (χ0) is 13.2. The van der Waals surface area contributed by atoms with E-state index in [1.54, 1.807) is 0 Å². The summed E-state index contributed by atoms with van der Waals surface area (Å²) >= 11 is 0. The van der Waals surface area contributed by atoms with Gasteiger partial charge in [0.1, 0.15) is 0 Å². The minimum Gasteiger partial charge on any atom is -0.375 e. The van der Waals surface area contributed by atoms with Crippen molar-refractivity contribution in [1.29, 1.82) is 0 Å². The van der Waals surface area contributed by atoms with Gasteiger partial charge >= 0.3 is 5.82 Å². The summed E-state index contributed by atoms with van der Waals surface area (Å²) in [4.78, 5) is 10.8. The van der Waals surface area contributed by atoms with E-state index in [4.69, 9.17) is 4.42 Å². The second-order valence-electron chi connectivity index (χ2n) is 5.44. The number of hydrogen-bond acceptors (Lipinski definition) is 4. The number of hydrogen-bond donors (Lipinski definition) is 0. The van der Waals surface area contributed by atoms with Crippen LogP contribution in [-0.4, -0.2) is 5.16 Å². The van der Waals surface area contributed by atoms with Gasteiger partial charge in [-0.25, -0.2) is 4.79 Å². The summed E-state index contributed by atoms with van der Waals surface area (Å²) in [7, 11) is 0. The quantitative estimate of drug-likeness (QED) is 0.833. The van der Waals surface area contributed by atoms with Gasteiger partial charge in [-0.2, -0.15) is 0 Å². The molecule has 4 nitrogen and oxygen atoms in total. The van der Waals surface area contributed by atoms with Crippen LogP contribution in [0, 0.1) is 12.3 Å². The third kappa shape index (κ3) is 3.32. The Labute approximate surface area is 106 Å². The summed E-state index contributed by atoms with van der Waals surface area (Å²) < 4.78 is 9.25. The van der Waals surface area contributed by atoms with Gasteiger partial charge in [0.05, 0.1) is 0 Å². The molecule has 0 N–H and O–H groups in total. The van der Waals surface area contributed by atoms with Gasteiger partial charge in [0.2, 0.25) is 5.89 Å². The van der Waals surface area contributed by atoms with Crippen molar-refractivity contribution in [3.8, 4) is 0 Å². The summed E-state index contributed by atoms with van der Waals surface area (Å²) in [6.07, 6.45) is 1.47. The van der Waals surface area contributed by atoms with Crippen LogP contribution in [-0.2, 0) is 12.8 Å². The summed E-state index contributed by atoms with van der Waals surface area (Å²) in [5.74, 6) is -0.381. The SMILES string of the molecule is Cc1cccc(CC(C)(C)Cc2noc(=O)o2)c1. The van der Waals surface area contributed by atoms with Crippen molar-refractivity contribution in [1.82, 2.24) is 5.16 Å². The molecule has 0 radical (unpaired) electrons. The van der Waals surface area contributed by atoms with Gasteiger partial charge in [0.15, 0.2) is 0 Å². The number of aromatic nitrogens is 1. The fraction of sp³-hybridized carbons (Fsp3) is 0.429. The predicted molar refractivity (Wildman–Crippen MR) is 67.4 cm³/mol. The van der Waals surface area contributed by atoms with Crippen LogP contribution in [0.2, 0.25) is 0 Å². The normalized spacial score (nSPS) is 11.7. The number of benzene rings is 1. The lowest BCUT2D eigenvalue weighted by atomic mass is 9.82. The van der Waals surface area contributed by atoms with Crippen LogP contribution in [0.5, 0.6) is 0 Å². The zero-order valence-electron chi connectivity index (χ0n) is 10.9. The van der Waals surface area contributed by atoms with Crippen LogP contribution in [0.3, 0.4) is 0 Å². The Morgan fingerprint density at radius 2 is 2.06 bits per heavy atom. The first-order valence-corrected chi connectivity index (χ1v) is 5.96. The van der Waals surface area contributed by atoms with E-state index in [1.165, 1.54) is 11.1 Å². The number of aryl methyl sites for hydroxylation is 1. The van der Waals surface area contributed by atoms with E-state index in [0.717, 1.165) is 6.42 Å². The second-order valence-corrected chi connectivity index (χ2v) is 5.44. The Balaban J connectivity index is 2.09. The van der Waals surface area contributed by atoms with E-state index in [-0.39, 0.29) is 5.41 Å². The molecule has 0 saturated heterocycles. The minimum absolute atomic E-state index is 0.0411. The number of rotatable bonds is 4. The van der Waals surface area contributed by atoms with Gasteiger partial charge in [-0.1, -0.05) is 43.7 Å². The Morgan fingerprint density at radius 3 is 2.67 bits per heavy atom. The maximum atomic E-state index is 10.8. The topological polar surface area (TPSA) is 56.2 Å². The van der Waals surface area contributed by atoms with Crippen molar-refractivity contribution in [2.24, 2.45) is 5.41 Å². The van der Waals surface area contributed by atoms with Crippen molar-refractivity contribution in [3.05, 3.63) is 51.9 Å². The molecular weight excluding hydrogens is 230 g/mol. The van der Waals surface area contributed by atoms with E-state index >= 15 is 0 Å². The Hall–Kier alpha value is -1.84. The van der Waals surface area contributed by atoms with Gasteiger partial charge in [-0.05, 0) is 29.5 Å². The highest BCUT2D eigenvalue weighted by Crippen LogP contribution is 2.26. The monoisotopic (exact) mass is 247 g/mol. The molecule has 1 aromatic heterocycles. The third-order valence-electron chi connectivity index (χ3n) is 2.82. The molecule has 0 bridgehead atoms. The van der Waals surface area contributed by atoms with Gasteiger partial charge in [-0.3, -0.25) is 4.52 Å². The molecule has 0 spiro atoms. The molecule has 1 heterocycles. The van der Waals surface area contributed by atoms with Crippen molar-refractivity contribution in [2.75, 3.05) is 0 Å². The van der Waals surface area contributed by atoms with Crippen molar-refractivity contribution in [3.63, 3.8) is 0 Å². The highest BCUT2D eigenvalue weighted by Gasteiger charge is 2.22. The highest BCUT2D eigenvalue weighted by atomic mass is 16.6. The summed E-state index contributed by atoms with van der Waals surface area (Å²) in [5.41, 5.74) is 2.47. The molecule has 4 heteroatoms. The molecule has 2 aromatic rings. The molecule has 2 rings (SSSR count). The maximum Gasteiger partial charge on any atom is 0.542 e. The van der Waals surface area contributed by atoms with E-state index in [1.807, 2.05) is 0 Å². The highest BCUT2D eigenvalue weighted by molar-refractivity contribution is 5.23. The lowest BCUT2D eigenvalue weighted by molar-refractivity contribution is 0.312. The molecule has 18 heavy (non-hydrogen) atoms. The van der Waals surface area contributed by atoms with Crippen LogP contribution < -0.4 is 5.82 Å². The molecule has 1 aromatic carbocycles. The summed E-state index contributed by atoms with van der Waals surface area (Å²) in [5, 5.41) is 3.61. The van der Waals surface area contributed by atoms with Gasteiger partial charge in [0, 0.05) is 6.42 Å². The van der Waals surface area contributed by atoms with Gasteiger partial charge in [-0.15, -0.1) is 0 Å². The molecule has 0 aliphatic rings. The fourth-order valence-electron chi connectivity index (χ4n) is 2.14. The molecular formula is C14H17NO3. The molecule has 96 valence electrons. The van der Waals surface area contributed by atoms with E-state index in [0.29, 0.717) is 12.3 Å². The summed E-state index contributed by atoms with van der Waals surface area (Å²) in [6.45, 7) is 6.31. The lowest BCUT2D eigenvalue weighted by Gasteiger charge is -2.22. The first-order chi connectivity index (χ1) is 8.44. The van der Waals surface area contributed by atoms with Gasteiger partial charge in [0.25, 0.3) is 0 Å². The fourth-order valence-corrected chi connectivity index (χ4v) is 2.14. The predicted octanol–water partition coefficient (Wildman–Crippen LogP) is 2.75. The van der Waals surface area contributed by atoms with E-state index < -0.39 is 5.82 Å². The molecule has 0 unspecified atom stereocenters. The first-order valence-electron chi connectivity index (χ1n) is 5.96. The van der Waals surface area contributed by atoms with Crippen LogP contribution in [0.15, 0.2) is 38.0 Å². The minimum atomic E-state index is -0.739. The van der Waals surface area contributed by atoms with Crippen LogP contribution >= 0.6 is 0 Å². The first kappa shape index (κ1) is 12.6. The Morgan fingerprint density at radius 1 is 1.28 bits per heavy atom. The van der Waals surface area contributed by atoms with Crippen molar-refractivity contribution in [2.45, 2.75) is 33.6 Å². The van der Waals surface area contributed by atoms with Crippen molar-refractivity contribution >= 4 is 0 Å². The Bertz CT molecular complexity index is 580. The second kappa shape index (κ2) is 4.80. The van der Waals surface area contributed by atoms with Gasteiger partial charge < -0.3 is 4.42 Å². The largest absolute Gasteiger partial charge is 0.542 e. The molecule has 0 aliphatic carbocycles. The molecule has 0 amide bonds. The summed E-state index contributed by atoms with van der Waals surface area (Å²) in [6, 6.07) is 8.40. The number of nitrogens with zero attached hydrogens (tertiary/aromatic N) is 1. The van der Waals surface area contributed by atoms with Crippen molar-refractivity contribution < 1.29 is 8.94 Å². The van der Waals surface area contributed by atoms with Crippen LogP contribution in [0.4, 0.5) is 0 Å². The molecule has 0 saturated carbocycles. The maximum absolute atomic E-state index is 10.8. The lowest BCUT2D eigenvalue weighted by Crippen LogP contribution is -2.18. The average Bonchev–Trinajstić information content (AvgIpc) is 2.62. The van der Waals surface area contributed by atoms with E-state index in [9.17, 15) is 4.79 Å². The third-order valence-corrected chi connectivity index (χ3v) is 2.82. The standard InChI is InChI=1S/C14H17NO3/c1-10-5-4-6-11(7-10)8-14(2,3)9-12-15-18-13(16)17-12/h4-7H,8-9H2,1-3H3. The molecule has 0 aliphatic heterocycles. The molecule has 0 fully saturated rings. The van der Waals surface area contributed by atoms with Crippen LogP contribution in [0.25, 0.3) is 0 Å². The van der Waals surface area contributed by atoms with E-state index in [2.05, 4.69) is 54.7 Å². The smallest absolute Gasteiger partial charge is 0.375 e. The molecule has 0 atom stereocenters. The zero-order valence-corrected chi connectivity index (χ0v) is 10.9. The average molecular weight is 247 g/mol. The Kier molecular flexibility index (Phi) is 3.36. The van der Waals surface area contributed by atoms with Crippen LogP contribution in [0.1, 0.15) is 30.9 Å².